The van der Waals surface area contributed by atoms with Gasteiger partial charge >= 0.3 is 0 Å². The molecule has 0 bridgehead atoms. The molecule has 3 N–H and O–H groups in total. The molecule has 47 heavy (non-hydrogen) atoms. The van der Waals surface area contributed by atoms with Gasteiger partial charge in [-0.2, -0.15) is 0 Å². The lowest BCUT2D eigenvalue weighted by Gasteiger charge is -2.35. The molecule has 1 aliphatic heterocycles. The minimum atomic E-state index is -0.481. The highest BCUT2D eigenvalue weighted by atomic mass is 16.6. The van der Waals surface area contributed by atoms with Crippen LogP contribution in [0.25, 0.3) is 11.1 Å². The summed E-state index contributed by atoms with van der Waals surface area (Å²) in [6.07, 6.45) is 1.87. The summed E-state index contributed by atoms with van der Waals surface area (Å²) < 4.78 is 0. The summed E-state index contributed by atoms with van der Waals surface area (Å²) in [4.78, 5) is 43.9. The molecule has 10 heteroatoms. The fraction of sp³-hybridized carbons (Fsp3) is 0.297. The third kappa shape index (κ3) is 7.85. The second-order valence-corrected chi connectivity index (χ2v) is 12.5. The number of non-ortho nitro benzene ring substituents is 1. The number of nitrogens with one attached hydrogen (secondary N) is 1. The van der Waals surface area contributed by atoms with E-state index in [2.05, 4.69) is 40.4 Å². The fourth-order valence-electron chi connectivity index (χ4n) is 6.01. The summed E-state index contributed by atoms with van der Waals surface area (Å²) >= 11 is 0. The van der Waals surface area contributed by atoms with Crippen molar-refractivity contribution in [1.29, 1.82) is 0 Å². The Morgan fingerprint density at radius 2 is 1.49 bits per heavy atom. The minimum Gasteiger partial charge on any atom is -0.367 e. The number of nitrogens with two attached hydrogens (primary N) is 1. The van der Waals surface area contributed by atoms with Gasteiger partial charge in [-0.3, -0.25) is 19.7 Å². The van der Waals surface area contributed by atoms with Crippen LogP contribution in [-0.4, -0.2) is 59.8 Å². The third-order valence-corrected chi connectivity index (χ3v) is 8.90. The van der Waals surface area contributed by atoms with E-state index in [0.717, 1.165) is 72.5 Å². The van der Waals surface area contributed by atoms with E-state index in [-0.39, 0.29) is 23.4 Å². The Balaban J connectivity index is 1.27. The first-order valence-electron chi connectivity index (χ1n) is 16.1. The van der Waals surface area contributed by atoms with Crippen molar-refractivity contribution in [3.63, 3.8) is 0 Å². The number of nitrogens with zero attached hydrogens (tertiary/aromatic N) is 4. The highest BCUT2D eigenvalue weighted by Gasteiger charge is 2.33. The van der Waals surface area contributed by atoms with Crippen LogP contribution in [0.4, 0.5) is 17.1 Å². The van der Waals surface area contributed by atoms with Crippen LogP contribution in [0.15, 0.2) is 91.0 Å². The maximum atomic E-state index is 13.4. The average molecular weight is 633 g/mol. The summed E-state index contributed by atoms with van der Waals surface area (Å²) in [5.41, 5.74) is 12.8. The standard InChI is InChI=1S/C37H40N6O4/c1-40-16-18-41(19-17-40)35-15-12-32(22-34(35)39-36(44)29-10-13-33(14-11-29)43(46)47)31-7-3-6-28(21-31)25-42(37(45)30-8-9-30)24-27-5-2-4-26(20-27)23-38/h2-7,10-15,20-22,30H,8-9,16-19,23-25,38H2,1H3,(H,39,44). The maximum absolute atomic E-state index is 13.4. The van der Waals surface area contributed by atoms with E-state index >= 15 is 0 Å². The van der Waals surface area contributed by atoms with E-state index in [0.29, 0.717) is 30.9 Å². The van der Waals surface area contributed by atoms with Crippen molar-refractivity contribution in [2.75, 3.05) is 43.4 Å². The SMILES string of the molecule is CN1CCN(c2ccc(-c3cccc(CN(Cc4cccc(CN)c4)C(=O)C4CC4)c3)cc2NC(=O)c2ccc([N+](=O)[O-])cc2)CC1. The fourth-order valence-corrected chi connectivity index (χ4v) is 6.01. The molecule has 0 unspecified atom stereocenters. The molecular formula is C37H40N6O4. The molecule has 10 nitrogen and oxygen atoms in total. The molecular weight excluding hydrogens is 592 g/mol. The summed E-state index contributed by atoms with van der Waals surface area (Å²) in [5, 5.41) is 14.2. The minimum absolute atomic E-state index is 0.0666. The lowest BCUT2D eigenvalue weighted by atomic mass is 10.0. The Labute approximate surface area is 274 Å². The topological polar surface area (TPSA) is 125 Å². The number of hydrogen-bond acceptors (Lipinski definition) is 7. The molecule has 1 saturated heterocycles. The van der Waals surface area contributed by atoms with Crippen molar-refractivity contribution in [3.8, 4) is 11.1 Å². The number of benzene rings is 4. The van der Waals surface area contributed by atoms with Gasteiger partial charge in [0.05, 0.1) is 16.3 Å². The number of amides is 2. The maximum Gasteiger partial charge on any atom is 0.269 e. The molecule has 0 spiro atoms. The molecule has 0 radical (unpaired) electrons. The Morgan fingerprint density at radius 3 is 2.15 bits per heavy atom. The van der Waals surface area contributed by atoms with Gasteiger partial charge < -0.3 is 25.8 Å². The number of nitro groups is 1. The Bertz CT molecular complexity index is 1760. The van der Waals surface area contributed by atoms with Crippen LogP contribution < -0.4 is 16.0 Å². The number of piperazine rings is 1. The van der Waals surface area contributed by atoms with Crippen molar-refractivity contribution < 1.29 is 14.5 Å². The summed E-state index contributed by atoms with van der Waals surface area (Å²) in [7, 11) is 2.10. The van der Waals surface area contributed by atoms with E-state index in [4.69, 9.17) is 5.73 Å². The lowest BCUT2D eigenvalue weighted by Crippen LogP contribution is -2.44. The summed E-state index contributed by atoms with van der Waals surface area (Å²) in [6.45, 7) is 4.93. The summed E-state index contributed by atoms with van der Waals surface area (Å²) in [6, 6.07) is 28.0. The Hall–Kier alpha value is -5.06. The van der Waals surface area contributed by atoms with Gasteiger partial charge in [-0.15, -0.1) is 0 Å². The molecule has 2 amide bonds. The van der Waals surface area contributed by atoms with Crippen LogP contribution in [0.2, 0.25) is 0 Å². The van der Waals surface area contributed by atoms with E-state index in [9.17, 15) is 19.7 Å². The van der Waals surface area contributed by atoms with Crippen LogP contribution in [0.1, 0.15) is 39.9 Å². The number of hydrogen-bond donors (Lipinski definition) is 2. The van der Waals surface area contributed by atoms with Crippen molar-refractivity contribution in [2.45, 2.75) is 32.5 Å². The van der Waals surface area contributed by atoms with Gasteiger partial charge in [-0.1, -0.05) is 48.5 Å². The molecule has 242 valence electrons. The van der Waals surface area contributed by atoms with E-state index < -0.39 is 4.92 Å². The molecule has 1 heterocycles. The number of carbonyl (C=O) groups excluding carboxylic acids is 2. The lowest BCUT2D eigenvalue weighted by molar-refractivity contribution is -0.384. The first kappa shape index (κ1) is 31.9. The number of rotatable bonds is 11. The van der Waals surface area contributed by atoms with Gasteiger partial charge in [0.1, 0.15) is 0 Å². The van der Waals surface area contributed by atoms with Crippen LogP contribution in [0.3, 0.4) is 0 Å². The third-order valence-electron chi connectivity index (χ3n) is 8.90. The predicted octanol–water partition coefficient (Wildman–Crippen LogP) is 5.66. The first-order chi connectivity index (χ1) is 22.8. The number of likely N-dealkylation sites (N-methyl/N-ethyl adjacent to an activating group) is 1. The monoisotopic (exact) mass is 632 g/mol. The number of carbonyl (C=O) groups is 2. The van der Waals surface area contributed by atoms with E-state index in [1.54, 1.807) is 0 Å². The van der Waals surface area contributed by atoms with Gasteiger partial charge in [0.25, 0.3) is 11.6 Å². The molecule has 1 saturated carbocycles. The highest BCUT2D eigenvalue weighted by molar-refractivity contribution is 6.06. The zero-order valence-electron chi connectivity index (χ0n) is 26.6. The summed E-state index contributed by atoms with van der Waals surface area (Å²) in [5.74, 6) is -0.0599. The second kappa shape index (κ2) is 14.1. The first-order valence-corrected chi connectivity index (χ1v) is 16.1. The zero-order valence-corrected chi connectivity index (χ0v) is 26.6. The van der Waals surface area contributed by atoms with Crippen molar-refractivity contribution in [1.82, 2.24) is 9.80 Å². The molecule has 0 atom stereocenters. The van der Waals surface area contributed by atoms with Gasteiger partial charge in [0, 0.05) is 69.4 Å². The Kier molecular flexibility index (Phi) is 9.60. The van der Waals surface area contributed by atoms with Gasteiger partial charge in [0.15, 0.2) is 0 Å². The molecule has 0 aromatic heterocycles. The van der Waals surface area contributed by atoms with Crippen molar-refractivity contribution >= 4 is 28.9 Å². The quantitative estimate of drug-likeness (QED) is 0.161. The van der Waals surface area contributed by atoms with E-state index in [1.807, 2.05) is 53.4 Å². The molecule has 4 aromatic carbocycles. The molecule has 6 rings (SSSR count). The number of anilines is 2. The van der Waals surface area contributed by atoms with Gasteiger partial charge in [0.2, 0.25) is 5.91 Å². The van der Waals surface area contributed by atoms with E-state index in [1.165, 1.54) is 24.3 Å². The predicted molar refractivity (Wildman–Crippen MR) is 184 cm³/mol. The number of nitro benzene ring substituents is 1. The normalized spacial score (nSPS) is 14.9. The largest absolute Gasteiger partial charge is 0.367 e. The van der Waals surface area contributed by atoms with Crippen LogP contribution in [0, 0.1) is 16.0 Å². The second-order valence-electron chi connectivity index (χ2n) is 12.5. The molecule has 2 aliphatic rings. The van der Waals surface area contributed by atoms with Crippen LogP contribution in [-0.2, 0) is 24.4 Å². The average Bonchev–Trinajstić information content (AvgIpc) is 3.94. The Morgan fingerprint density at radius 1 is 0.851 bits per heavy atom. The van der Waals surface area contributed by atoms with Crippen molar-refractivity contribution in [3.05, 3.63) is 123 Å². The van der Waals surface area contributed by atoms with Crippen molar-refractivity contribution in [2.24, 2.45) is 11.7 Å². The van der Waals surface area contributed by atoms with Crippen LogP contribution >= 0.6 is 0 Å². The smallest absolute Gasteiger partial charge is 0.269 e. The zero-order chi connectivity index (χ0) is 32.9. The van der Waals surface area contributed by atoms with Crippen LogP contribution in [0.5, 0.6) is 0 Å². The molecule has 4 aromatic rings. The molecule has 1 aliphatic carbocycles. The highest BCUT2D eigenvalue weighted by Crippen LogP contribution is 2.35. The van der Waals surface area contributed by atoms with Gasteiger partial charge in [-0.05, 0) is 78.0 Å². The molecule has 2 fully saturated rings. The van der Waals surface area contributed by atoms with Gasteiger partial charge in [-0.25, -0.2) is 0 Å².